The van der Waals surface area contributed by atoms with Crippen LogP contribution in [0.2, 0.25) is 0 Å². The highest BCUT2D eigenvalue weighted by atomic mass is 32.1. The summed E-state index contributed by atoms with van der Waals surface area (Å²) in [5.41, 5.74) is 27.0. The molecule has 0 bridgehead atoms. The fourth-order valence-electron chi connectivity index (χ4n) is 15.1. The zero-order valence-electron chi connectivity index (χ0n) is 48.0. The van der Waals surface area contributed by atoms with E-state index in [-0.39, 0.29) is 50.0 Å². The van der Waals surface area contributed by atoms with E-state index in [4.69, 9.17) is 0 Å². The molecule has 72 heavy (non-hydrogen) atoms. The number of anilines is 6. The molecule has 12 rings (SSSR count). The Morgan fingerprint density at radius 1 is 0.431 bits per heavy atom. The van der Waals surface area contributed by atoms with Gasteiger partial charge in [-0.3, -0.25) is 0 Å². The molecule has 0 fully saturated rings. The Balaban J connectivity index is 1.25. The van der Waals surface area contributed by atoms with Crippen LogP contribution in [0.4, 0.5) is 34.1 Å². The Bertz CT molecular complexity index is 3320. The highest BCUT2D eigenvalue weighted by Crippen LogP contribution is 2.57. The summed E-state index contributed by atoms with van der Waals surface area (Å²) in [4.78, 5) is 5.61. The van der Waals surface area contributed by atoms with Crippen molar-refractivity contribution in [1.82, 2.24) is 0 Å². The number of hydrogen-bond donors (Lipinski definition) is 0. The monoisotopic (exact) mass is 973 g/mol. The van der Waals surface area contributed by atoms with Crippen molar-refractivity contribution < 1.29 is 0 Å². The molecule has 0 atom stereocenters. The highest BCUT2D eigenvalue weighted by Gasteiger charge is 2.50. The third kappa shape index (κ3) is 6.83. The van der Waals surface area contributed by atoms with Gasteiger partial charge in [0.2, 0.25) is 0 Å². The standard InChI is InChI=1S/C68H85BN2S/c1-39(2)41-31-55-58-56(32-41)71(53-36-49-45(30-40(53)3)62(6,7)24-27-66(49,14)15)54-37-50-48(65(12,13)26-28-67(50,16)17)35-52(54)69(58)60-59(43-34-47-51(38-57(43)72-60)68(18,19)29-25-64(47,10)11)70(55)42-20-21-44-46(33-42)63(8,9)23-22-61(44,4)5/h20-21,30-39H,22-29H2,1-19H3. The molecule has 1 aromatic heterocycles. The number of nitrogens with zero attached hydrogens (tertiary/aromatic N) is 2. The van der Waals surface area contributed by atoms with Gasteiger partial charge in [0.05, 0.1) is 5.69 Å². The van der Waals surface area contributed by atoms with Crippen molar-refractivity contribution in [2.75, 3.05) is 9.80 Å². The summed E-state index contributed by atoms with van der Waals surface area (Å²) in [5, 5.41) is 1.43. The second-order valence-electron chi connectivity index (χ2n) is 29.9. The number of thiophene rings is 1. The molecule has 4 heteroatoms. The van der Waals surface area contributed by atoms with Crippen LogP contribution in [0, 0.1) is 6.92 Å². The van der Waals surface area contributed by atoms with Crippen LogP contribution in [0.25, 0.3) is 10.1 Å². The molecule has 0 saturated carbocycles. The first kappa shape index (κ1) is 48.7. The summed E-state index contributed by atoms with van der Waals surface area (Å²) in [6.45, 7) is 47.4. The van der Waals surface area contributed by atoms with Crippen molar-refractivity contribution in [3.05, 3.63) is 122 Å². The van der Waals surface area contributed by atoms with E-state index in [1.165, 1.54) is 150 Å². The van der Waals surface area contributed by atoms with Crippen LogP contribution >= 0.6 is 11.3 Å². The summed E-state index contributed by atoms with van der Waals surface area (Å²) in [6, 6.07) is 29.1. The van der Waals surface area contributed by atoms with Crippen molar-refractivity contribution in [2.45, 2.75) is 232 Å². The molecule has 0 saturated heterocycles. The topological polar surface area (TPSA) is 6.48 Å². The minimum atomic E-state index is 0.0628. The molecule has 5 aromatic carbocycles. The van der Waals surface area contributed by atoms with Gasteiger partial charge < -0.3 is 9.80 Å². The molecular formula is C68H85BN2S. The highest BCUT2D eigenvalue weighted by molar-refractivity contribution is 7.33. The molecule has 6 aliphatic rings. The minimum absolute atomic E-state index is 0.0628. The van der Waals surface area contributed by atoms with E-state index >= 15 is 0 Å². The molecule has 0 spiro atoms. The van der Waals surface area contributed by atoms with E-state index in [2.05, 4.69) is 219 Å². The van der Waals surface area contributed by atoms with Crippen molar-refractivity contribution >= 4 is 78.0 Å². The average Bonchev–Trinajstić information content (AvgIpc) is 3.67. The second-order valence-corrected chi connectivity index (χ2v) is 31.0. The lowest BCUT2D eigenvalue weighted by molar-refractivity contribution is 0.331. The maximum atomic E-state index is 2.81. The maximum absolute atomic E-state index is 2.81. The number of aryl methyl sites for hydroxylation is 1. The largest absolute Gasteiger partial charge is 0.311 e. The first-order valence-corrected chi connectivity index (χ1v) is 29.1. The average molecular weight is 973 g/mol. The number of hydrogen-bond acceptors (Lipinski definition) is 3. The second kappa shape index (κ2) is 15.0. The zero-order chi connectivity index (χ0) is 51.6. The van der Waals surface area contributed by atoms with Crippen molar-refractivity contribution in [3.63, 3.8) is 0 Å². The molecule has 2 nitrogen and oxygen atoms in total. The Hall–Kier alpha value is -4.28. The summed E-state index contributed by atoms with van der Waals surface area (Å²) < 4.78 is 2.94. The van der Waals surface area contributed by atoms with Gasteiger partial charge in [-0.25, -0.2) is 0 Å². The summed E-state index contributed by atoms with van der Waals surface area (Å²) >= 11 is 2.11. The van der Waals surface area contributed by atoms with Gasteiger partial charge in [0, 0.05) is 43.3 Å². The predicted molar refractivity (Wildman–Crippen MR) is 316 cm³/mol. The molecular weight excluding hydrogens is 888 g/mol. The fourth-order valence-corrected chi connectivity index (χ4v) is 16.5. The SMILES string of the molecule is Cc1cc2c(cc1N1c3cc4c(cc3B3c5sc6cc7c(cc6c5N(c5ccc6c(c5)C(C)(C)CCC6(C)C)c5cc(C(C)C)cc1c53)C(C)(C)CCC7(C)C)C(C)(C)CCC4(C)C)C(C)(C)CCC2(C)C. The van der Waals surface area contributed by atoms with Gasteiger partial charge in [-0.2, -0.15) is 0 Å². The van der Waals surface area contributed by atoms with E-state index in [0.29, 0.717) is 5.92 Å². The first-order valence-electron chi connectivity index (χ1n) is 28.2. The van der Waals surface area contributed by atoms with Crippen molar-refractivity contribution in [3.8, 4) is 0 Å². The van der Waals surface area contributed by atoms with Crippen molar-refractivity contribution in [2.24, 2.45) is 0 Å². The van der Waals surface area contributed by atoms with Crippen LogP contribution in [-0.2, 0) is 43.3 Å². The Morgan fingerprint density at radius 2 is 0.847 bits per heavy atom. The Morgan fingerprint density at radius 3 is 1.36 bits per heavy atom. The molecule has 0 radical (unpaired) electrons. The number of benzene rings is 5. The summed E-state index contributed by atoms with van der Waals surface area (Å²) in [6.07, 6.45) is 9.61. The van der Waals surface area contributed by atoms with Gasteiger partial charge in [0.15, 0.2) is 0 Å². The van der Waals surface area contributed by atoms with Gasteiger partial charge >= 0.3 is 0 Å². The molecule has 0 amide bonds. The van der Waals surface area contributed by atoms with Crippen LogP contribution in [-0.4, -0.2) is 6.71 Å². The van der Waals surface area contributed by atoms with Crippen LogP contribution in [0.15, 0.2) is 66.7 Å². The van der Waals surface area contributed by atoms with Crippen LogP contribution < -0.4 is 25.5 Å². The number of rotatable bonds is 3. The third-order valence-electron chi connectivity index (χ3n) is 20.8. The van der Waals surface area contributed by atoms with E-state index in [1.54, 1.807) is 16.7 Å². The van der Waals surface area contributed by atoms with Crippen LogP contribution in [0.5, 0.6) is 0 Å². The molecule has 3 heterocycles. The van der Waals surface area contributed by atoms with E-state index in [9.17, 15) is 0 Å². The van der Waals surface area contributed by atoms with Gasteiger partial charge in [0.25, 0.3) is 6.71 Å². The number of fused-ring (bicyclic) bond motifs is 10. The van der Waals surface area contributed by atoms with E-state index in [1.807, 2.05) is 0 Å². The third-order valence-corrected chi connectivity index (χ3v) is 22.0. The zero-order valence-corrected chi connectivity index (χ0v) is 48.8. The smallest absolute Gasteiger partial charge is 0.264 e. The molecule has 0 unspecified atom stereocenters. The van der Waals surface area contributed by atoms with E-state index < -0.39 is 0 Å². The van der Waals surface area contributed by atoms with Gasteiger partial charge in [-0.15, -0.1) is 11.3 Å². The maximum Gasteiger partial charge on any atom is 0.264 e. The summed E-state index contributed by atoms with van der Waals surface area (Å²) in [7, 11) is 0. The summed E-state index contributed by atoms with van der Waals surface area (Å²) in [5.74, 6) is 0.335. The first-order chi connectivity index (χ1) is 33.4. The normalized spacial score (nSPS) is 22.6. The lowest BCUT2D eigenvalue weighted by atomic mass is 9.35. The Labute approximate surface area is 439 Å². The lowest BCUT2D eigenvalue weighted by Gasteiger charge is -2.48. The molecule has 376 valence electrons. The Kier molecular flexibility index (Phi) is 10.1. The molecule has 4 aliphatic carbocycles. The van der Waals surface area contributed by atoms with Crippen LogP contribution in [0.1, 0.15) is 238 Å². The van der Waals surface area contributed by atoms with E-state index in [0.717, 1.165) is 0 Å². The van der Waals surface area contributed by atoms with Crippen molar-refractivity contribution in [1.29, 1.82) is 0 Å². The quantitative estimate of drug-likeness (QED) is 0.163. The van der Waals surface area contributed by atoms with Gasteiger partial charge in [0.1, 0.15) is 0 Å². The van der Waals surface area contributed by atoms with Gasteiger partial charge in [-0.1, -0.05) is 143 Å². The lowest BCUT2D eigenvalue weighted by Crippen LogP contribution is -2.61. The molecule has 6 aromatic rings. The van der Waals surface area contributed by atoms with Gasteiger partial charge in [-0.05, 0) is 223 Å². The minimum Gasteiger partial charge on any atom is -0.311 e. The molecule has 2 aliphatic heterocycles. The molecule has 0 N–H and O–H groups in total. The fraction of sp³-hybridized carbons (Fsp3) is 0.529. The van der Waals surface area contributed by atoms with Crippen LogP contribution in [0.3, 0.4) is 0 Å². The predicted octanol–water partition coefficient (Wildman–Crippen LogP) is 17.8.